The van der Waals surface area contributed by atoms with E-state index in [1.165, 1.54) is 24.0 Å². The summed E-state index contributed by atoms with van der Waals surface area (Å²) in [5, 5.41) is 5.62. The van der Waals surface area contributed by atoms with Crippen molar-refractivity contribution in [2.75, 3.05) is 27.3 Å². The van der Waals surface area contributed by atoms with E-state index in [1.807, 2.05) is 61.0 Å². The number of benzene rings is 2. The molecule has 0 spiro atoms. The van der Waals surface area contributed by atoms with Crippen LogP contribution in [0.25, 0.3) is 22.1 Å². The number of nitrogens with zero attached hydrogens (tertiary/aromatic N) is 6. The van der Waals surface area contributed by atoms with Crippen LogP contribution in [0.2, 0.25) is 0 Å². The Morgan fingerprint density at radius 3 is 1.50 bits per heavy atom. The summed E-state index contributed by atoms with van der Waals surface area (Å²) in [4.78, 5) is 101. The SMILES string of the molecule is COc1ccc2nc3c(nc2c1)O[C@H]1CN(C(=O)[C@H](C(C)(C)C)NC(=O)O[C@@H]2CC4CC4[C@H]2CCCC2C3C2(F)F)[C@H]([C-]=O)[C@@H]1C.COc1ccc2nc3c(nc2c1)O[C@H]1CN(C(=O)[C@H](C(C)(C)C)NC(=O)O[C@]2(C)CCC[C@H]2CCCC2C3C2(F)F)[C@H]([C-]=O)[C@@H]1C.[V].[V]. The number of fused-ring (bicyclic) bond motifs is 16. The molecule has 94 heavy (non-hydrogen) atoms. The summed E-state index contributed by atoms with van der Waals surface area (Å²) in [6.45, 7) is 16.3. The average Bonchev–Trinajstić information content (AvgIpc) is 1.56. The van der Waals surface area contributed by atoms with Crippen LogP contribution in [-0.2, 0) is 65.8 Å². The van der Waals surface area contributed by atoms with E-state index in [0.29, 0.717) is 83.9 Å². The molecule has 9 aliphatic rings. The number of carbonyl (C=O) groups excluding carboxylic acids is 6. The van der Waals surface area contributed by atoms with Crippen LogP contribution in [0.5, 0.6) is 23.3 Å². The molecule has 13 rings (SSSR count). The molecule has 6 heterocycles. The Labute approximate surface area is 569 Å². The molecule has 6 unspecified atom stereocenters. The quantitative estimate of drug-likeness (QED) is 0.143. The number of alkyl carbamates (subject to hydrolysis) is 2. The second kappa shape index (κ2) is 26.5. The number of alkyl halides is 4. The summed E-state index contributed by atoms with van der Waals surface area (Å²) >= 11 is 0. The fourth-order valence-corrected chi connectivity index (χ4v) is 16.0. The van der Waals surface area contributed by atoms with Gasteiger partial charge in [0.2, 0.25) is 23.6 Å². The monoisotopic (exact) mass is 1380 g/mol. The first kappa shape index (κ1) is 70.8. The van der Waals surface area contributed by atoms with Gasteiger partial charge in [-0.05, 0) is 135 Å². The molecule has 2 saturated heterocycles. The van der Waals surface area contributed by atoms with Crippen molar-refractivity contribution < 1.29 is 112 Å². The van der Waals surface area contributed by atoms with Gasteiger partial charge in [-0.25, -0.2) is 59.7 Å². The molecule has 20 nitrogen and oxygen atoms in total. The van der Waals surface area contributed by atoms with Gasteiger partial charge in [0.15, 0.2) is 0 Å². The van der Waals surface area contributed by atoms with Crippen molar-refractivity contribution in [1.29, 1.82) is 0 Å². The first-order chi connectivity index (χ1) is 43.5. The number of ether oxygens (including phenoxy) is 6. The zero-order valence-electron chi connectivity index (χ0n) is 55.0. The maximum atomic E-state index is 15.6. The standard InChI is InChI=1S/C34H41F2N4O6.C34H43F2N4O6.2V/c1-16-24(15-41)40-14-26(16)45-30-28(37-22-10-9-18(44-5)13-23(22)38-30)27-21(34(27,35)36)8-6-7-19-20-11-17(20)12-25(19)46-32(43)39-29(31(40)42)33(2,3)4;1-18-24(17-41)40-16-25(18)45-29-27(37-22-13-12-20(44-6)15-23(22)38-29)26-21(34(26,35)36)11-7-9-19-10-8-14-33(19,5)46-31(43)39-28(30(40)42)32(2,3)4;;/h9-10,13,16-17,19-21,24-27,29H,6-8,11-12,14H2,1-5H3,(H,39,43);12-13,15,18-19,21,24-26,28H,7-11,14,16H2,1-6H3,(H,39,43);;/q2*-1;;/t16-,17?,19+,20?,21?,24+,25+,26-,27?,29+;18-,19+,21?,24+,25-,26?,28+,33+;;/m00../s1. The molecule has 4 amide bonds. The zero-order chi connectivity index (χ0) is 65.9. The predicted octanol–water partition coefficient (Wildman–Crippen LogP) is 10.6. The van der Waals surface area contributed by atoms with E-state index in [2.05, 4.69) is 30.6 Å². The van der Waals surface area contributed by atoms with Gasteiger partial charge in [-0.15, -0.1) is 0 Å². The molecule has 5 aliphatic carbocycles. The summed E-state index contributed by atoms with van der Waals surface area (Å²) in [6.07, 6.45) is 7.78. The van der Waals surface area contributed by atoms with Crippen LogP contribution in [0.15, 0.2) is 36.4 Å². The number of nitrogens with one attached hydrogen (secondary N) is 2. The van der Waals surface area contributed by atoms with Gasteiger partial charge >= 0.3 is 12.2 Å². The molecule has 26 heteroatoms. The fourth-order valence-electron chi connectivity index (χ4n) is 16.0. The molecular weight excluding hydrogens is 1300 g/mol. The number of rotatable bonds is 4. The van der Waals surface area contributed by atoms with Gasteiger partial charge in [0.05, 0.1) is 61.2 Å². The number of methoxy groups -OCH3 is 2. The predicted molar refractivity (Wildman–Crippen MR) is 327 cm³/mol. The minimum Gasteiger partial charge on any atom is -0.540 e. The van der Waals surface area contributed by atoms with Gasteiger partial charge in [-0.1, -0.05) is 80.3 Å². The Balaban J connectivity index is 0.000000201. The van der Waals surface area contributed by atoms with Crippen LogP contribution in [0.3, 0.4) is 0 Å². The van der Waals surface area contributed by atoms with Gasteiger partial charge in [-0.3, -0.25) is 9.59 Å². The third-order valence-corrected chi connectivity index (χ3v) is 21.7. The summed E-state index contributed by atoms with van der Waals surface area (Å²) in [6, 6.07) is 6.11. The van der Waals surface area contributed by atoms with Gasteiger partial charge in [0.1, 0.15) is 58.9 Å². The third kappa shape index (κ3) is 13.3. The minimum absolute atomic E-state index is 0. The van der Waals surface area contributed by atoms with E-state index in [-0.39, 0.29) is 97.7 Å². The molecule has 4 aliphatic heterocycles. The molecule has 2 aromatic carbocycles. The van der Waals surface area contributed by atoms with Crippen molar-refractivity contribution in [2.24, 2.45) is 58.2 Å². The topological polar surface area (TPSA) is 240 Å². The van der Waals surface area contributed by atoms with Gasteiger partial charge in [-0.2, -0.15) is 0 Å². The normalized spacial score (nSPS) is 35.0. The second-order valence-electron chi connectivity index (χ2n) is 29.7. The average molecular weight is 1380 g/mol. The summed E-state index contributed by atoms with van der Waals surface area (Å²) < 4.78 is 97.7. The zero-order valence-corrected chi connectivity index (χ0v) is 57.8. The van der Waals surface area contributed by atoms with Gasteiger partial charge < -0.3 is 58.4 Å². The minimum atomic E-state index is -3.01. The molecule has 2 N–H and O–H groups in total. The Bertz CT molecular complexity index is 3440. The molecule has 2 radical (unpaired) electrons. The molecular formula is C68H84F4N8O12V2-2. The number of carbonyl (C=O) groups is 4. The van der Waals surface area contributed by atoms with E-state index in [4.69, 9.17) is 28.4 Å². The first-order valence-corrected chi connectivity index (χ1v) is 32.6. The fraction of sp³-hybridized carbons (Fsp3) is 0.676. The number of hydrogen-bond donors (Lipinski definition) is 2. The van der Waals surface area contributed by atoms with Crippen molar-refractivity contribution in [3.8, 4) is 23.3 Å². The maximum absolute atomic E-state index is 15.6. The van der Waals surface area contributed by atoms with E-state index in [1.54, 1.807) is 50.2 Å². The Morgan fingerprint density at radius 1 is 0.585 bits per heavy atom. The van der Waals surface area contributed by atoms with Crippen molar-refractivity contribution in [3.63, 3.8) is 0 Å². The summed E-state index contributed by atoms with van der Waals surface area (Å²) in [5.41, 5.74) is -0.370. The first-order valence-electron chi connectivity index (χ1n) is 32.6. The molecule has 18 atom stereocenters. The summed E-state index contributed by atoms with van der Waals surface area (Å²) in [5.74, 6) is -10.3. The molecule has 5 saturated carbocycles. The molecule has 2 aromatic heterocycles. The second-order valence-corrected chi connectivity index (χ2v) is 29.7. The van der Waals surface area contributed by atoms with Crippen molar-refractivity contribution in [2.45, 2.75) is 205 Å². The third-order valence-electron chi connectivity index (χ3n) is 21.7. The largest absolute Gasteiger partial charge is 0.540 e. The molecule has 7 fully saturated rings. The van der Waals surface area contributed by atoms with E-state index >= 15 is 17.6 Å². The van der Waals surface area contributed by atoms with Gasteiger partial charge in [0.25, 0.3) is 11.8 Å². The van der Waals surface area contributed by atoms with Crippen LogP contribution >= 0.6 is 0 Å². The number of hydrogen-bond acceptors (Lipinski definition) is 16. The maximum Gasteiger partial charge on any atom is 0.408 e. The van der Waals surface area contributed by atoms with Crippen molar-refractivity contribution >= 4 is 58.6 Å². The number of amides is 4. The van der Waals surface area contributed by atoms with Crippen LogP contribution < -0.4 is 29.6 Å². The van der Waals surface area contributed by atoms with Crippen LogP contribution in [0.1, 0.15) is 156 Å². The van der Waals surface area contributed by atoms with Crippen molar-refractivity contribution in [3.05, 3.63) is 47.8 Å². The number of aromatic nitrogens is 4. The Morgan fingerprint density at radius 2 is 1.04 bits per heavy atom. The molecule has 4 aromatic rings. The van der Waals surface area contributed by atoms with Crippen molar-refractivity contribution in [1.82, 2.24) is 40.4 Å². The van der Waals surface area contributed by atoms with Gasteiger partial charge in [0, 0.05) is 61.1 Å². The van der Waals surface area contributed by atoms with Crippen LogP contribution in [-0.4, -0.2) is 154 Å². The van der Waals surface area contributed by atoms with Crippen LogP contribution in [0.4, 0.5) is 27.2 Å². The molecule has 508 valence electrons. The Kier molecular flexibility index (Phi) is 19.9. The Hall–Kier alpha value is -5.97. The van der Waals surface area contributed by atoms with E-state index in [0.717, 1.165) is 25.7 Å². The van der Waals surface area contributed by atoms with E-state index in [9.17, 15) is 28.8 Å². The number of halogens is 4. The van der Waals surface area contributed by atoms with Crippen LogP contribution in [0, 0.1) is 58.2 Å². The summed E-state index contributed by atoms with van der Waals surface area (Å²) in [7, 11) is 3.04. The smallest absolute Gasteiger partial charge is 0.408 e. The van der Waals surface area contributed by atoms with E-state index < -0.39 is 124 Å². The molecule has 4 bridgehead atoms.